The van der Waals surface area contributed by atoms with Crippen LogP contribution in [0.5, 0.6) is 0 Å². The highest BCUT2D eigenvalue weighted by Crippen LogP contribution is 2.26. The molecule has 2 rings (SSSR count). The Balaban J connectivity index is 2.15. The molecule has 0 radical (unpaired) electrons. The highest BCUT2D eigenvalue weighted by atomic mass is 35.5. The minimum atomic E-state index is -0.180. The average Bonchev–Trinajstić information content (AvgIpc) is 2.44. The van der Waals surface area contributed by atoms with Crippen LogP contribution in [0.4, 0.5) is 0 Å². The summed E-state index contributed by atoms with van der Waals surface area (Å²) in [7, 11) is 1.67. The van der Waals surface area contributed by atoms with Crippen LogP contribution in [-0.4, -0.2) is 13.2 Å². The Bertz CT molecular complexity index is 560. The molecule has 0 aliphatic heterocycles. The molecule has 106 valence electrons. The van der Waals surface area contributed by atoms with Crippen molar-refractivity contribution in [3.63, 3.8) is 0 Å². The molecule has 2 aromatic rings. The van der Waals surface area contributed by atoms with E-state index >= 15 is 0 Å². The second-order valence-electron chi connectivity index (χ2n) is 4.67. The molecule has 2 aromatic carbocycles. The van der Waals surface area contributed by atoms with Crippen molar-refractivity contribution in [2.24, 2.45) is 5.73 Å². The van der Waals surface area contributed by atoms with Crippen molar-refractivity contribution in [3.05, 3.63) is 69.7 Å². The molecule has 0 aliphatic rings. The van der Waals surface area contributed by atoms with E-state index in [1.54, 1.807) is 13.2 Å². The quantitative estimate of drug-likeness (QED) is 0.896. The van der Waals surface area contributed by atoms with Gasteiger partial charge in [0.2, 0.25) is 0 Å². The first-order valence-electron chi connectivity index (χ1n) is 6.39. The Morgan fingerprint density at radius 1 is 1.10 bits per heavy atom. The van der Waals surface area contributed by atoms with E-state index in [2.05, 4.69) is 0 Å². The third-order valence-electron chi connectivity index (χ3n) is 3.24. The van der Waals surface area contributed by atoms with Gasteiger partial charge in [-0.25, -0.2) is 0 Å². The Labute approximate surface area is 129 Å². The summed E-state index contributed by atoms with van der Waals surface area (Å²) in [5, 5.41) is 1.26. The van der Waals surface area contributed by atoms with Gasteiger partial charge in [-0.05, 0) is 29.7 Å². The van der Waals surface area contributed by atoms with Crippen molar-refractivity contribution in [1.82, 2.24) is 0 Å². The molecule has 4 heteroatoms. The number of hydrogen-bond acceptors (Lipinski definition) is 2. The van der Waals surface area contributed by atoms with E-state index in [-0.39, 0.29) is 12.1 Å². The van der Waals surface area contributed by atoms with Crippen LogP contribution < -0.4 is 5.73 Å². The fourth-order valence-electron chi connectivity index (χ4n) is 2.25. The zero-order valence-electron chi connectivity index (χ0n) is 11.2. The minimum absolute atomic E-state index is 0.164. The predicted molar refractivity (Wildman–Crippen MR) is 84.3 cm³/mol. The molecular formula is C16H17Cl2NO. The number of methoxy groups -OCH3 is 1. The molecule has 20 heavy (non-hydrogen) atoms. The summed E-state index contributed by atoms with van der Waals surface area (Å²) < 4.78 is 5.54. The summed E-state index contributed by atoms with van der Waals surface area (Å²) in [6.45, 7) is 0. The van der Waals surface area contributed by atoms with Gasteiger partial charge in [-0.15, -0.1) is 0 Å². The monoisotopic (exact) mass is 309 g/mol. The van der Waals surface area contributed by atoms with Crippen molar-refractivity contribution in [2.75, 3.05) is 7.11 Å². The second-order valence-corrected chi connectivity index (χ2v) is 5.51. The zero-order valence-corrected chi connectivity index (χ0v) is 12.7. The third kappa shape index (κ3) is 3.74. The summed E-state index contributed by atoms with van der Waals surface area (Å²) in [5.74, 6) is 0. The molecule has 0 spiro atoms. The van der Waals surface area contributed by atoms with E-state index in [9.17, 15) is 0 Å². The van der Waals surface area contributed by atoms with Crippen LogP contribution >= 0.6 is 23.2 Å². The normalized spacial score (nSPS) is 14.0. The maximum Gasteiger partial charge on any atom is 0.0975 e. The van der Waals surface area contributed by atoms with Crippen LogP contribution in [0, 0.1) is 0 Å². The SMILES string of the molecule is COC(c1ccccc1)C(N)Cc1ccc(Cl)cc1Cl. The van der Waals surface area contributed by atoms with E-state index in [0.29, 0.717) is 16.5 Å². The van der Waals surface area contributed by atoms with Gasteiger partial charge in [0.25, 0.3) is 0 Å². The Hall–Kier alpha value is -1.06. The largest absolute Gasteiger partial charge is 0.375 e. The van der Waals surface area contributed by atoms with Crippen LogP contribution in [0.2, 0.25) is 10.0 Å². The van der Waals surface area contributed by atoms with E-state index < -0.39 is 0 Å². The van der Waals surface area contributed by atoms with Crippen molar-refractivity contribution >= 4 is 23.2 Å². The lowest BCUT2D eigenvalue weighted by molar-refractivity contribution is 0.0803. The van der Waals surface area contributed by atoms with Crippen molar-refractivity contribution in [1.29, 1.82) is 0 Å². The van der Waals surface area contributed by atoms with E-state index in [1.165, 1.54) is 0 Å². The standard InChI is InChI=1S/C16H17Cl2NO/c1-20-16(11-5-3-2-4-6-11)15(19)9-12-7-8-13(17)10-14(12)18/h2-8,10,15-16H,9,19H2,1H3. The summed E-state index contributed by atoms with van der Waals surface area (Å²) in [4.78, 5) is 0. The Morgan fingerprint density at radius 2 is 1.80 bits per heavy atom. The van der Waals surface area contributed by atoms with Crippen LogP contribution in [0.3, 0.4) is 0 Å². The average molecular weight is 310 g/mol. The van der Waals surface area contributed by atoms with Gasteiger partial charge in [0, 0.05) is 23.2 Å². The van der Waals surface area contributed by atoms with Gasteiger partial charge in [-0.3, -0.25) is 0 Å². The number of halogens is 2. The van der Waals surface area contributed by atoms with Gasteiger partial charge in [0.1, 0.15) is 0 Å². The molecule has 0 aliphatic carbocycles. The van der Waals surface area contributed by atoms with Gasteiger partial charge in [-0.1, -0.05) is 59.6 Å². The molecule has 0 amide bonds. The maximum atomic E-state index is 6.28. The van der Waals surface area contributed by atoms with Gasteiger partial charge >= 0.3 is 0 Å². The van der Waals surface area contributed by atoms with E-state index in [4.69, 9.17) is 33.7 Å². The van der Waals surface area contributed by atoms with Gasteiger partial charge in [0.05, 0.1) is 6.10 Å². The van der Waals surface area contributed by atoms with E-state index in [0.717, 1.165) is 11.1 Å². The predicted octanol–water partition coefficient (Wildman–Crippen LogP) is 4.25. The van der Waals surface area contributed by atoms with Crippen LogP contribution in [0.15, 0.2) is 48.5 Å². The lowest BCUT2D eigenvalue weighted by Crippen LogP contribution is -2.32. The Kier molecular flexibility index (Phi) is 5.44. The fraction of sp³-hybridized carbons (Fsp3) is 0.250. The first-order chi connectivity index (χ1) is 9.61. The molecule has 0 bridgehead atoms. The lowest BCUT2D eigenvalue weighted by Gasteiger charge is -2.23. The molecule has 0 fully saturated rings. The molecule has 2 N–H and O–H groups in total. The molecule has 0 heterocycles. The summed E-state index contributed by atoms with van der Waals surface area (Å²) in [6.07, 6.45) is 0.464. The lowest BCUT2D eigenvalue weighted by atomic mass is 9.96. The highest BCUT2D eigenvalue weighted by molar-refractivity contribution is 6.35. The van der Waals surface area contributed by atoms with Crippen LogP contribution in [0.1, 0.15) is 17.2 Å². The molecule has 0 aromatic heterocycles. The van der Waals surface area contributed by atoms with Crippen molar-refractivity contribution < 1.29 is 4.74 Å². The molecule has 0 saturated heterocycles. The number of nitrogens with two attached hydrogens (primary N) is 1. The minimum Gasteiger partial charge on any atom is -0.375 e. The summed E-state index contributed by atoms with van der Waals surface area (Å²) in [6, 6.07) is 15.2. The Morgan fingerprint density at radius 3 is 2.40 bits per heavy atom. The topological polar surface area (TPSA) is 35.2 Å². The second kappa shape index (κ2) is 7.09. The number of hydrogen-bond donors (Lipinski definition) is 1. The summed E-state index contributed by atoms with van der Waals surface area (Å²) in [5.41, 5.74) is 8.32. The van der Waals surface area contributed by atoms with Crippen LogP contribution in [-0.2, 0) is 11.2 Å². The molecule has 2 unspecified atom stereocenters. The zero-order chi connectivity index (χ0) is 14.5. The fourth-order valence-corrected chi connectivity index (χ4v) is 2.73. The smallest absolute Gasteiger partial charge is 0.0975 e. The first kappa shape index (κ1) is 15.3. The van der Waals surface area contributed by atoms with Crippen molar-refractivity contribution in [3.8, 4) is 0 Å². The van der Waals surface area contributed by atoms with Gasteiger partial charge in [0.15, 0.2) is 0 Å². The third-order valence-corrected chi connectivity index (χ3v) is 3.83. The van der Waals surface area contributed by atoms with Gasteiger partial charge in [-0.2, -0.15) is 0 Å². The number of rotatable bonds is 5. The number of ether oxygens (including phenoxy) is 1. The molecule has 2 nitrogen and oxygen atoms in total. The maximum absolute atomic E-state index is 6.28. The van der Waals surface area contributed by atoms with Gasteiger partial charge < -0.3 is 10.5 Å². The van der Waals surface area contributed by atoms with E-state index in [1.807, 2.05) is 42.5 Å². The molecule has 0 saturated carbocycles. The molecule has 2 atom stereocenters. The number of benzene rings is 2. The molecular weight excluding hydrogens is 293 g/mol. The van der Waals surface area contributed by atoms with Crippen molar-refractivity contribution in [2.45, 2.75) is 18.6 Å². The summed E-state index contributed by atoms with van der Waals surface area (Å²) >= 11 is 12.1. The van der Waals surface area contributed by atoms with Crippen LogP contribution in [0.25, 0.3) is 0 Å². The first-order valence-corrected chi connectivity index (χ1v) is 7.14. The highest BCUT2D eigenvalue weighted by Gasteiger charge is 2.20.